The van der Waals surface area contributed by atoms with Crippen LogP contribution in [0.3, 0.4) is 0 Å². The van der Waals surface area contributed by atoms with E-state index in [0.29, 0.717) is 18.7 Å². The molecule has 1 fully saturated rings. The number of benzene rings is 1. The number of amides is 2. The molecule has 1 aliphatic rings. The molecule has 0 radical (unpaired) electrons. The highest BCUT2D eigenvalue weighted by Crippen LogP contribution is 2.29. The molecule has 2 amide bonds. The normalized spacial score (nSPS) is 19.2. The smallest absolute Gasteiger partial charge is 0.417 e. The van der Waals surface area contributed by atoms with Gasteiger partial charge in [-0.3, -0.25) is 4.79 Å². The maximum absolute atomic E-state index is 12.0. The molecule has 2 N–H and O–H groups in total. The van der Waals surface area contributed by atoms with Gasteiger partial charge in [0, 0.05) is 24.6 Å². The average Bonchev–Trinajstić information content (AvgIpc) is 2.70. The van der Waals surface area contributed by atoms with Crippen molar-refractivity contribution in [2.75, 3.05) is 12.3 Å². The lowest BCUT2D eigenvalue weighted by molar-refractivity contribution is -0.126. The van der Waals surface area contributed by atoms with Crippen molar-refractivity contribution in [2.45, 2.75) is 38.7 Å². The molecule has 0 aromatic heterocycles. The number of nitrogens with zero attached hydrogens (tertiary/aromatic N) is 1. The van der Waals surface area contributed by atoms with E-state index < -0.39 is 11.7 Å². The zero-order valence-corrected chi connectivity index (χ0v) is 12.1. The van der Waals surface area contributed by atoms with Gasteiger partial charge < -0.3 is 10.5 Å². The van der Waals surface area contributed by atoms with Gasteiger partial charge in [-0.05, 0) is 38.5 Å². The second kappa shape index (κ2) is 5.15. The average molecular weight is 276 g/mol. The summed E-state index contributed by atoms with van der Waals surface area (Å²) in [6.07, 6.45) is -0.246. The predicted molar refractivity (Wildman–Crippen MR) is 76.2 cm³/mol. The molecule has 1 aliphatic heterocycles. The molecule has 0 spiro atoms. The first-order valence-corrected chi connectivity index (χ1v) is 6.65. The monoisotopic (exact) mass is 276 g/mol. The van der Waals surface area contributed by atoms with Gasteiger partial charge in [-0.25, -0.2) is 9.69 Å². The number of hydrogen-bond donors (Lipinski definition) is 1. The third-order valence-electron chi connectivity index (χ3n) is 3.15. The number of hydrogen-bond acceptors (Lipinski definition) is 4. The van der Waals surface area contributed by atoms with Crippen LogP contribution in [0.2, 0.25) is 0 Å². The van der Waals surface area contributed by atoms with E-state index in [-0.39, 0.29) is 11.8 Å². The Bertz CT molecular complexity index is 517. The highest BCUT2D eigenvalue weighted by molar-refractivity contribution is 5.94. The molecule has 1 aromatic rings. The minimum absolute atomic E-state index is 0.00983. The molecule has 0 aliphatic carbocycles. The number of anilines is 1. The first-order chi connectivity index (χ1) is 9.26. The molecule has 1 atom stereocenters. The first-order valence-electron chi connectivity index (χ1n) is 6.65. The Kier molecular flexibility index (Phi) is 3.70. The third kappa shape index (κ3) is 3.29. The van der Waals surface area contributed by atoms with Crippen molar-refractivity contribution in [3.05, 3.63) is 29.8 Å². The fourth-order valence-corrected chi connectivity index (χ4v) is 2.19. The minimum Gasteiger partial charge on any atom is -0.443 e. The van der Waals surface area contributed by atoms with Crippen molar-refractivity contribution in [3.63, 3.8) is 0 Å². The zero-order chi connectivity index (χ0) is 14.9. The van der Waals surface area contributed by atoms with Crippen LogP contribution < -0.4 is 5.73 Å². The summed E-state index contributed by atoms with van der Waals surface area (Å²) in [5, 5.41) is 0. The van der Waals surface area contributed by atoms with Crippen LogP contribution in [-0.4, -0.2) is 29.0 Å². The van der Waals surface area contributed by atoms with Crippen molar-refractivity contribution in [1.82, 2.24) is 4.90 Å². The van der Waals surface area contributed by atoms with Gasteiger partial charge in [0.1, 0.15) is 5.60 Å². The summed E-state index contributed by atoms with van der Waals surface area (Å²) in [4.78, 5) is 25.1. The quantitative estimate of drug-likeness (QED) is 0.800. The van der Waals surface area contributed by atoms with Crippen molar-refractivity contribution in [1.29, 1.82) is 0 Å². The van der Waals surface area contributed by atoms with E-state index >= 15 is 0 Å². The molecular formula is C15H20N2O3. The van der Waals surface area contributed by atoms with Crippen LogP contribution in [0.15, 0.2) is 24.3 Å². The molecule has 0 bridgehead atoms. The second-order valence-electron chi connectivity index (χ2n) is 6.05. The highest BCUT2D eigenvalue weighted by atomic mass is 16.6. The minimum atomic E-state index is -0.601. The fourth-order valence-electron chi connectivity index (χ4n) is 2.19. The molecule has 1 heterocycles. The van der Waals surface area contributed by atoms with Crippen LogP contribution in [0, 0.1) is 0 Å². The Morgan fingerprint density at radius 3 is 2.45 bits per heavy atom. The van der Waals surface area contributed by atoms with Gasteiger partial charge in [0.2, 0.25) is 5.91 Å². The largest absolute Gasteiger partial charge is 0.443 e. The SMILES string of the molecule is CC(C)(C)OC(=O)N1C[C@@H](c2ccc(N)cc2)CC1=O. The van der Waals surface area contributed by atoms with Gasteiger partial charge in [0.15, 0.2) is 0 Å². The molecular weight excluding hydrogens is 256 g/mol. The molecule has 2 rings (SSSR count). The summed E-state index contributed by atoms with van der Waals surface area (Å²) >= 11 is 0. The Balaban J connectivity index is 2.07. The van der Waals surface area contributed by atoms with E-state index in [2.05, 4.69) is 0 Å². The molecule has 20 heavy (non-hydrogen) atoms. The van der Waals surface area contributed by atoms with Crippen LogP contribution in [-0.2, 0) is 9.53 Å². The molecule has 0 saturated carbocycles. The maximum atomic E-state index is 12.0. The zero-order valence-electron chi connectivity index (χ0n) is 12.1. The predicted octanol–water partition coefficient (Wildman–Crippen LogP) is 2.52. The van der Waals surface area contributed by atoms with E-state index in [1.165, 1.54) is 4.90 Å². The first kappa shape index (κ1) is 14.4. The van der Waals surface area contributed by atoms with E-state index in [4.69, 9.17) is 10.5 Å². The number of ether oxygens (including phenoxy) is 1. The van der Waals surface area contributed by atoms with Gasteiger partial charge in [-0.1, -0.05) is 12.1 Å². The Morgan fingerprint density at radius 1 is 1.30 bits per heavy atom. The molecule has 5 nitrogen and oxygen atoms in total. The van der Waals surface area contributed by atoms with Crippen molar-refractivity contribution in [2.24, 2.45) is 0 Å². The maximum Gasteiger partial charge on any atom is 0.417 e. The van der Waals surface area contributed by atoms with Gasteiger partial charge in [0.05, 0.1) is 0 Å². The molecule has 0 unspecified atom stereocenters. The lowest BCUT2D eigenvalue weighted by atomic mass is 9.98. The lowest BCUT2D eigenvalue weighted by Gasteiger charge is -2.23. The number of rotatable bonds is 1. The summed E-state index contributed by atoms with van der Waals surface area (Å²) in [5.74, 6) is -0.184. The summed E-state index contributed by atoms with van der Waals surface area (Å²) in [6.45, 7) is 5.70. The fraction of sp³-hybridized carbons (Fsp3) is 0.467. The van der Waals surface area contributed by atoms with Crippen LogP contribution in [0.5, 0.6) is 0 Å². The van der Waals surface area contributed by atoms with E-state index in [9.17, 15) is 9.59 Å². The topological polar surface area (TPSA) is 72.6 Å². The number of nitrogens with two attached hydrogens (primary N) is 1. The molecule has 5 heteroatoms. The second-order valence-corrected chi connectivity index (χ2v) is 6.05. The number of carbonyl (C=O) groups is 2. The van der Waals surface area contributed by atoms with Crippen LogP contribution in [0.25, 0.3) is 0 Å². The molecule has 1 aromatic carbocycles. The Labute approximate surface area is 118 Å². The number of imide groups is 1. The van der Waals surface area contributed by atoms with Crippen molar-refractivity contribution >= 4 is 17.7 Å². The van der Waals surface area contributed by atoms with Crippen LogP contribution in [0.1, 0.15) is 38.7 Å². The van der Waals surface area contributed by atoms with Crippen molar-refractivity contribution < 1.29 is 14.3 Å². The molecule has 108 valence electrons. The van der Waals surface area contributed by atoms with Gasteiger partial charge in [0.25, 0.3) is 0 Å². The number of carbonyl (C=O) groups excluding carboxylic acids is 2. The lowest BCUT2D eigenvalue weighted by Crippen LogP contribution is -2.37. The highest BCUT2D eigenvalue weighted by Gasteiger charge is 2.36. The standard InChI is InChI=1S/C15H20N2O3/c1-15(2,3)20-14(19)17-9-11(8-13(17)18)10-4-6-12(16)7-5-10/h4-7,11H,8-9,16H2,1-3H3/t11-/m0/s1. The van der Waals surface area contributed by atoms with E-state index in [1.807, 2.05) is 12.1 Å². The van der Waals surface area contributed by atoms with E-state index in [1.54, 1.807) is 32.9 Å². The number of likely N-dealkylation sites (tertiary alicyclic amines) is 1. The summed E-state index contributed by atoms with van der Waals surface area (Å²) in [7, 11) is 0. The van der Waals surface area contributed by atoms with Crippen LogP contribution in [0.4, 0.5) is 10.5 Å². The van der Waals surface area contributed by atoms with Crippen molar-refractivity contribution in [3.8, 4) is 0 Å². The summed E-state index contributed by atoms with van der Waals surface area (Å²) in [6, 6.07) is 7.39. The van der Waals surface area contributed by atoms with E-state index in [0.717, 1.165) is 5.56 Å². The summed E-state index contributed by atoms with van der Waals surface area (Å²) in [5.41, 5.74) is 6.74. The van der Waals surface area contributed by atoms with Gasteiger partial charge in [-0.2, -0.15) is 0 Å². The van der Waals surface area contributed by atoms with Crippen LogP contribution >= 0.6 is 0 Å². The Morgan fingerprint density at radius 2 is 1.90 bits per heavy atom. The Hall–Kier alpha value is -2.04. The van der Waals surface area contributed by atoms with Gasteiger partial charge in [-0.15, -0.1) is 0 Å². The van der Waals surface area contributed by atoms with Gasteiger partial charge >= 0.3 is 6.09 Å². The number of nitrogen functional groups attached to an aromatic ring is 1. The summed E-state index contributed by atoms with van der Waals surface area (Å²) < 4.78 is 5.24. The third-order valence-corrected chi connectivity index (χ3v) is 3.15. The molecule has 1 saturated heterocycles.